The number of benzene rings is 1. The highest BCUT2D eigenvalue weighted by Gasteiger charge is 2.09. The topological polar surface area (TPSA) is 37.0 Å². The number of fused-ring (bicyclic) bond motifs is 1. The fraction of sp³-hybridized carbons (Fsp3) is 0. The minimum absolute atomic E-state index is 0.0769. The minimum Gasteiger partial charge on any atom is -0.311 e. The number of rotatable bonds is 1. The fourth-order valence-electron chi connectivity index (χ4n) is 1.88. The highest BCUT2D eigenvalue weighted by Crippen LogP contribution is 2.12. The summed E-state index contributed by atoms with van der Waals surface area (Å²) in [4.78, 5) is 14.8. The Morgan fingerprint density at radius 3 is 2.53 bits per heavy atom. The molecule has 1 aromatic carbocycles. The van der Waals surface area contributed by atoms with Crippen LogP contribution in [-0.4, -0.2) is 4.98 Å². The minimum atomic E-state index is -0.0769. The molecule has 1 N–H and O–H groups in total. The van der Waals surface area contributed by atoms with Gasteiger partial charge in [0.1, 0.15) is 5.69 Å². The first-order valence-electron chi connectivity index (χ1n) is 5.43. The van der Waals surface area contributed by atoms with Crippen LogP contribution in [0.2, 0.25) is 0 Å². The molecule has 0 spiro atoms. The van der Waals surface area contributed by atoms with Gasteiger partial charge in [-0.15, -0.1) is 0 Å². The summed E-state index contributed by atoms with van der Waals surface area (Å²) in [5.74, 6) is 0. The number of aromatic nitrogens is 2. The van der Waals surface area contributed by atoms with Gasteiger partial charge in [-0.2, -0.15) is 4.40 Å². The molecule has 0 amide bonds. The molecule has 82 valence electrons. The quantitative estimate of drug-likeness (QED) is 0.627. The van der Waals surface area contributed by atoms with Crippen molar-refractivity contribution in [1.29, 1.82) is 0 Å². The van der Waals surface area contributed by atoms with E-state index in [-0.39, 0.29) is 5.56 Å². The Hall–Kier alpha value is -2.42. The van der Waals surface area contributed by atoms with Crippen LogP contribution in [0.15, 0.2) is 65.7 Å². The Morgan fingerprint density at radius 1 is 0.941 bits per heavy atom. The summed E-state index contributed by atoms with van der Waals surface area (Å²) < 4.78 is 1.83. The smallest absolute Gasteiger partial charge is 0.311 e. The van der Waals surface area contributed by atoms with Gasteiger partial charge in [0, 0.05) is 17.7 Å². The lowest BCUT2D eigenvalue weighted by molar-refractivity contribution is -0.512. The lowest BCUT2D eigenvalue weighted by Crippen LogP contribution is -2.29. The van der Waals surface area contributed by atoms with Gasteiger partial charge >= 0.3 is 5.56 Å². The van der Waals surface area contributed by atoms with Crippen LogP contribution in [0.3, 0.4) is 0 Å². The molecule has 0 fully saturated rings. The summed E-state index contributed by atoms with van der Waals surface area (Å²) in [6, 6.07) is 15.4. The molecule has 0 radical (unpaired) electrons. The summed E-state index contributed by atoms with van der Waals surface area (Å²) in [5.41, 5.74) is 2.39. The molecule has 0 aliphatic carbocycles. The van der Waals surface area contributed by atoms with Crippen molar-refractivity contribution in [1.82, 2.24) is 4.98 Å². The van der Waals surface area contributed by atoms with Crippen LogP contribution in [0.5, 0.6) is 0 Å². The predicted octanol–water partition coefficient (Wildman–Crippen LogP) is 1.78. The van der Waals surface area contributed by atoms with E-state index >= 15 is 0 Å². The molecule has 0 saturated carbocycles. The van der Waals surface area contributed by atoms with E-state index in [4.69, 9.17) is 0 Å². The summed E-state index contributed by atoms with van der Waals surface area (Å²) >= 11 is 0. The summed E-state index contributed by atoms with van der Waals surface area (Å²) in [6.45, 7) is 0. The van der Waals surface area contributed by atoms with Crippen LogP contribution >= 0.6 is 0 Å². The third-order valence-electron chi connectivity index (χ3n) is 2.72. The number of pyridine rings is 1. The Kier molecular flexibility index (Phi) is 2.22. The van der Waals surface area contributed by atoms with Crippen LogP contribution < -0.4 is 9.96 Å². The van der Waals surface area contributed by atoms with Crippen LogP contribution in [0, 0.1) is 0 Å². The van der Waals surface area contributed by atoms with Crippen molar-refractivity contribution in [2.24, 2.45) is 0 Å². The highest BCUT2D eigenvalue weighted by molar-refractivity contribution is 5.57. The Labute approximate surface area is 98.0 Å². The first-order valence-corrected chi connectivity index (χ1v) is 5.43. The van der Waals surface area contributed by atoms with E-state index in [2.05, 4.69) is 4.98 Å². The normalized spacial score (nSPS) is 10.6. The molecular weight excluding hydrogens is 212 g/mol. The van der Waals surface area contributed by atoms with E-state index in [1.54, 1.807) is 6.07 Å². The van der Waals surface area contributed by atoms with Gasteiger partial charge in [0.25, 0.3) is 5.52 Å². The van der Waals surface area contributed by atoms with E-state index in [0.717, 1.165) is 11.3 Å². The molecule has 0 aliphatic heterocycles. The van der Waals surface area contributed by atoms with Crippen molar-refractivity contribution >= 4 is 5.52 Å². The average Bonchev–Trinajstić information content (AvgIpc) is 2.40. The van der Waals surface area contributed by atoms with Gasteiger partial charge in [-0.3, -0.25) is 4.79 Å². The lowest BCUT2D eigenvalue weighted by atomic mass is 10.2. The number of hydrogen-bond donors (Lipinski definition) is 1. The summed E-state index contributed by atoms with van der Waals surface area (Å²) in [7, 11) is 0. The molecule has 2 heterocycles. The SMILES string of the molecule is O=c1[nH]c(-c2ccccc2)c[n+]2ccccc12. The van der Waals surface area contributed by atoms with Crippen molar-refractivity contribution < 1.29 is 4.40 Å². The summed E-state index contributed by atoms with van der Waals surface area (Å²) in [5, 5.41) is 0. The second-order valence-corrected chi connectivity index (χ2v) is 3.86. The summed E-state index contributed by atoms with van der Waals surface area (Å²) in [6.07, 6.45) is 3.79. The van der Waals surface area contributed by atoms with Gasteiger partial charge in [0.15, 0.2) is 12.4 Å². The number of aromatic amines is 1. The first kappa shape index (κ1) is 9.78. The van der Waals surface area contributed by atoms with E-state index < -0.39 is 0 Å². The van der Waals surface area contributed by atoms with Crippen LogP contribution in [0.25, 0.3) is 16.8 Å². The number of hydrogen-bond acceptors (Lipinski definition) is 1. The van der Waals surface area contributed by atoms with Crippen molar-refractivity contribution in [2.75, 3.05) is 0 Å². The molecule has 0 bridgehead atoms. The van der Waals surface area contributed by atoms with Crippen molar-refractivity contribution in [2.45, 2.75) is 0 Å². The van der Waals surface area contributed by atoms with Crippen molar-refractivity contribution in [3.63, 3.8) is 0 Å². The maximum Gasteiger partial charge on any atom is 0.321 e. The van der Waals surface area contributed by atoms with Crippen molar-refractivity contribution in [3.8, 4) is 11.3 Å². The van der Waals surface area contributed by atoms with Gasteiger partial charge in [0.05, 0.1) is 0 Å². The molecule has 0 aliphatic rings. The molecule has 3 aromatic rings. The molecule has 0 saturated heterocycles. The van der Waals surface area contributed by atoms with E-state index in [1.165, 1.54) is 0 Å². The fourth-order valence-corrected chi connectivity index (χ4v) is 1.88. The first-order chi connectivity index (χ1) is 8.34. The van der Waals surface area contributed by atoms with E-state index in [0.29, 0.717) is 5.52 Å². The maximum absolute atomic E-state index is 11.9. The molecule has 2 aromatic heterocycles. The predicted molar refractivity (Wildman–Crippen MR) is 65.7 cm³/mol. The molecule has 3 rings (SSSR count). The maximum atomic E-state index is 11.9. The molecule has 17 heavy (non-hydrogen) atoms. The number of nitrogens with one attached hydrogen (secondary N) is 1. The lowest BCUT2D eigenvalue weighted by Gasteiger charge is -1.98. The zero-order chi connectivity index (χ0) is 11.7. The molecule has 0 atom stereocenters. The van der Waals surface area contributed by atoms with Crippen LogP contribution in [-0.2, 0) is 0 Å². The Bertz CT molecular complexity index is 717. The van der Waals surface area contributed by atoms with Gasteiger partial charge in [-0.1, -0.05) is 30.3 Å². The second-order valence-electron chi connectivity index (χ2n) is 3.86. The Balaban J connectivity index is 2.30. The van der Waals surface area contributed by atoms with E-state index in [1.807, 2.05) is 59.3 Å². The standard InChI is InChI=1S/C14H10N2O/c17-14-13-8-4-5-9-16(13)10-12(15-14)11-6-2-1-3-7-11/h1-10H/p+1. The Morgan fingerprint density at radius 2 is 1.71 bits per heavy atom. The van der Waals surface area contributed by atoms with Gasteiger partial charge in [-0.05, 0) is 6.07 Å². The van der Waals surface area contributed by atoms with Gasteiger partial charge < -0.3 is 4.98 Å². The highest BCUT2D eigenvalue weighted by atomic mass is 16.1. The number of nitrogens with zero attached hydrogens (tertiary/aromatic N) is 1. The van der Waals surface area contributed by atoms with Crippen LogP contribution in [0.1, 0.15) is 0 Å². The zero-order valence-corrected chi connectivity index (χ0v) is 9.13. The third kappa shape index (κ3) is 1.72. The van der Waals surface area contributed by atoms with Crippen LogP contribution in [0.4, 0.5) is 0 Å². The molecule has 0 unspecified atom stereocenters. The average molecular weight is 223 g/mol. The largest absolute Gasteiger partial charge is 0.321 e. The van der Waals surface area contributed by atoms with Gasteiger partial charge in [-0.25, -0.2) is 0 Å². The van der Waals surface area contributed by atoms with Crippen molar-refractivity contribution in [3.05, 3.63) is 71.3 Å². The molecular formula is C14H11N2O+. The number of H-pyrrole nitrogens is 1. The molecule has 3 heteroatoms. The monoisotopic (exact) mass is 223 g/mol. The second kappa shape index (κ2) is 3.87. The zero-order valence-electron chi connectivity index (χ0n) is 9.13. The van der Waals surface area contributed by atoms with Gasteiger partial charge in [0.2, 0.25) is 0 Å². The van der Waals surface area contributed by atoms with E-state index in [9.17, 15) is 4.79 Å². The molecule has 3 nitrogen and oxygen atoms in total. The third-order valence-corrected chi connectivity index (χ3v) is 2.72.